The van der Waals surface area contributed by atoms with Crippen LogP contribution in [-0.2, 0) is 18.3 Å². The summed E-state index contributed by atoms with van der Waals surface area (Å²) >= 11 is 0. The molecule has 1 aromatic heterocycles. The van der Waals surface area contributed by atoms with Gasteiger partial charge in [0.25, 0.3) is 0 Å². The Morgan fingerprint density at radius 3 is 2.94 bits per heavy atom. The summed E-state index contributed by atoms with van der Waals surface area (Å²) in [6.07, 6.45) is 4.34. The second-order valence-electron chi connectivity index (χ2n) is 3.76. The second kappa shape index (κ2) is 7.00. The van der Waals surface area contributed by atoms with Gasteiger partial charge in [0.05, 0.1) is 5.69 Å². The average Bonchev–Trinajstić information content (AvgIpc) is 2.69. The van der Waals surface area contributed by atoms with E-state index in [9.17, 15) is 4.79 Å². The minimum absolute atomic E-state index is 0.103. The molecule has 0 saturated heterocycles. The van der Waals surface area contributed by atoms with Crippen molar-refractivity contribution in [3.8, 4) is 0 Å². The van der Waals surface area contributed by atoms with Crippen LogP contribution >= 0.6 is 0 Å². The van der Waals surface area contributed by atoms with Gasteiger partial charge in [-0.2, -0.15) is 5.10 Å². The molecular formula is C11H20N4O. The van der Waals surface area contributed by atoms with E-state index in [1.54, 1.807) is 11.7 Å². The van der Waals surface area contributed by atoms with Crippen molar-refractivity contribution in [1.82, 2.24) is 20.4 Å². The SMILES string of the molecule is CNC(=O)CCCNCCc1ccn(C)n1. The maximum Gasteiger partial charge on any atom is 0.219 e. The Bertz CT molecular complexity index is 322. The zero-order valence-electron chi connectivity index (χ0n) is 9.99. The van der Waals surface area contributed by atoms with Gasteiger partial charge in [0.2, 0.25) is 5.91 Å². The van der Waals surface area contributed by atoms with Gasteiger partial charge in [-0.3, -0.25) is 9.48 Å². The van der Waals surface area contributed by atoms with E-state index in [1.165, 1.54) is 0 Å². The molecule has 5 nitrogen and oxygen atoms in total. The smallest absolute Gasteiger partial charge is 0.219 e. The van der Waals surface area contributed by atoms with Crippen LogP contribution in [0.15, 0.2) is 12.3 Å². The Hall–Kier alpha value is -1.36. The van der Waals surface area contributed by atoms with Crippen molar-refractivity contribution >= 4 is 5.91 Å². The number of hydrogen-bond acceptors (Lipinski definition) is 3. The normalized spacial score (nSPS) is 10.4. The van der Waals surface area contributed by atoms with Gasteiger partial charge in [-0.05, 0) is 19.0 Å². The van der Waals surface area contributed by atoms with Gasteiger partial charge >= 0.3 is 0 Å². The molecule has 0 aliphatic heterocycles. The summed E-state index contributed by atoms with van der Waals surface area (Å²) in [5.74, 6) is 0.103. The molecule has 0 aliphatic rings. The molecule has 0 fully saturated rings. The number of nitrogens with zero attached hydrogens (tertiary/aromatic N) is 2. The predicted octanol–water partition coefficient (Wildman–Crippen LogP) is 0.0784. The van der Waals surface area contributed by atoms with Crippen LogP contribution in [0.25, 0.3) is 0 Å². The number of nitrogens with one attached hydrogen (secondary N) is 2. The summed E-state index contributed by atoms with van der Waals surface area (Å²) in [7, 11) is 3.58. The first-order chi connectivity index (χ1) is 7.72. The van der Waals surface area contributed by atoms with Crippen molar-refractivity contribution in [1.29, 1.82) is 0 Å². The van der Waals surface area contributed by atoms with Crippen LogP contribution in [0.5, 0.6) is 0 Å². The molecule has 5 heteroatoms. The first kappa shape index (κ1) is 12.7. The summed E-state index contributed by atoms with van der Waals surface area (Å²) in [5, 5.41) is 10.2. The van der Waals surface area contributed by atoms with Crippen LogP contribution < -0.4 is 10.6 Å². The van der Waals surface area contributed by atoms with Crippen molar-refractivity contribution in [3.05, 3.63) is 18.0 Å². The van der Waals surface area contributed by atoms with E-state index >= 15 is 0 Å². The third-order valence-corrected chi connectivity index (χ3v) is 2.36. The van der Waals surface area contributed by atoms with Gasteiger partial charge in [0.15, 0.2) is 0 Å². The topological polar surface area (TPSA) is 59.0 Å². The van der Waals surface area contributed by atoms with Crippen LogP contribution in [0.2, 0.25) is 0 Å². The highest BCUT2D eigenvalue weighted by molar-refractivity contribution is 5.75. The Kier molecular flexibility index (Phi) is 5.56. The molecule has 0 radical (unpaired) electrons. The fourth-order valence-electron chi connectivity index (χ4n) is 1.44. The summed E-state index contributed by atoms with van der Waals surface area (Å²) < 4.78 is 1.81. The molecule has 0 bridgehead atoms. The van der Waals surface area contributed by atoms with Crippen LogP contribution in [0.1, 0.15) is 18.5 Å². The zero-order valence-corrected chi connectivity index (χ0v) is 9.99. The maximum absolute atomic E-state index is 10.9. The number of aromatic nitrogens is 2. The molecule has 1 heterocycles. The number of hydrogen-bond donors (Lipinski definition) is 2. The van der Waals surface area contributed by atoms with Crippen molar-refractivity contribution in [2.24, 2.45) is 7.05 Å². The van der Waals surface area contributed by atoms with E-state index in [0.29, 0.717) is 6.42 Å². The maximum atomic E-state index is 10.9. The fraction of sp³-hybridized carbons (Fsp3) is 0.636. The zero-order chi connectivity index (χ0) is 11.8. The molecule has 0 aromatic carbocycles. The minimum atomic E-state index is 0.103. The largest absolute Gasteiger partial charge is 0.359 e. The number of carbonyl (C=O) groups excluding carboxylic acids is 1. The lowest BCUT2D eigenvalue weighted by atomic mass is 10.3. The Balaban J connectivity index is 1.98. The summed E-state index contributed by atoms with van der Waals surface area (Å²) in [6, 6.07) is 2.02. The average molecular weight is 224 g/mol. The third kappa shape index (κ3) is 4.93. The van der Waals surface area contributed by atoms with Crippen LogP contribution in [0, 0.1) is 0 Å². The highest BCUT2D eigenvalue weighted by Gasteiger charge is 1.98. The highest BCUT2D eigenvalue weighted by Crippen LogP contribution is 1.94. The van der Waals surface area contributed by atoms with E-state index in [0.717, 1.165) is 31.6 Å². The summed E-state index contributed by atoms with van der Waals surface area (Å²) in [4.78, 5) is 10.9. The van der Waals surface area contributed by atoms with Crippen LogP contribution in [-0.4, -0.2) is 35.8 Å². The monoisotopic (exact) mass is 224 g/mol. The molecule has 0 aliphatic carbocycles. The molecule has 0 spiro atoms. The van der Waals surface area contributed by atoms with E-state index in [4.69, 9.17) is 0 Å². The summed E-state index contributed by atoms with van der Waals surface area (Å²) in [5.41, 5.74) is 1.10. The molecule has 0 unspecified atom stereocenters. The van der Waals surface area contributed by atoms with Crippen molar-refractivity contribution in [2.75, 3.05) is 20.1 Å². The molecule has 1 amide bonds. The molecule has 1 rings (SSSR count). The molecule has 0 saturated carbocycles. The first-order valence-electron chi connectivity index (χ1n) is 5.62. The second-order valence-corrected chi connectivity index (χ2v) is 3.76. The lowest BCUT2D eigenvalue weighted by molar-refractivity contribution is -0.120. The minimum Gasteiger partial charge on any atom is -0.359 e. The quantitative estimate of drug-likeness (QED) is 0.645. The van der Waals surface area contributed by atoms with Gasteiger partial charge in [0, 0.05) is 39.7 Å². The molecular weight excluding hydrogens is 204 g/mol. The predicted molar refractivity (Wildman–Crippen MR) is 63.1 cm³/mol. The van der Waals surface area contributed by atoms with E-state index < -0.39 is 0 Å². The van der Waals surface area contributed by atoms with E-state index in [1.807, 2.05) is 19.3 Å². The van der Waals surface area contributed by atoms with Gasteiger partial charge in [0.1, 0.15) is 0 Å². The molecule has 0 atom stereocenters. The number of carbonyl (C=O) groups is 1. The van der Waals surface area contributed by atoms with Gasteiger partial charge in [-0.1, -0.05) is 0 Å². The number of amides is 1. The number of aryl methyl sites for hydroxylation is 1. The Labute approximate surface area is 96.2 Å². The van der Waals surface area contributed by atoms with Crippen LogP contribution in [0.3, 0.4) is 0 Å². The lowest BCUT2D eigenvalue weighted by Gasteiger charge is -2.02. The first-order valence-corrected chi connectivity index (χ1v) is 5.62. The molecule has 90 valence electrons. The number of rotatable bonds is 7. The Morgan fingerprint density at radius 2 is 2.31 bits per heavy atom. The third-order valence-electron chi connectivity index (χ3n) is 2.36. The molecule has 16 heavy (non-hydrogen) atoms. The van der Waals surface area contributed by atoms with Crippen LogP contribution in [0.4, 0.5) is 0 Å². The van der Waals surface area contributed by atoms with Gasteiger partial charge in [-0.25, -0.2) is 0 Å². The van der Waals surface area contributed by atoms with E-state index in [2.05, 4.69) is 15.7 Å². The van der Waals surface area contributed by atoms with E-state index in [-0.39, 0.29) is 5.91 Å². The molecule has 2 N–H and O–H groups in total. The molecule has 1 aromatic rings. The highest BCUT2D eigenvalue weighted by atomic mass is 16.1. The van der Waals surface area contributed by atoms with Crippen molar-refractivity contribution in [3.63, 3.8) is 0 Å². The van der Waals surface area contributed by atoms with Gasteiger partial charge < -0.3 is 10.6 Å². The summed E-state index contributed by atoms with van der Waals surface area (Å²) in [6.45, 7) is 1.78. The van der Waals surface area contributed by atoms with Gasteiger partial charge in [-0.15, -0.1) is 0 Å². The Morgan fingerprint density at radius 1 is 1.50 bits per heavy atom. The van der Waals surface area contributed by atoms with Crippen molar-refractivity contribution < 1.29 is 4.79 Å². The standard InChI is InChI=1S/C11H20N4O/c1-12-11(16)4-3-7-13-8-5-10-6-9-15(2)14-10/h6,9,13H,3-5,7-8H2,1-2H3,(H,12,16). The van der Waals surface area contributed by atoms with Crippen molar-refractivity contribution in [2.45, 2.75) is 19.3 Å². The lowest BCUT2D eigenvalue weighted by Crippen LogP contribution is -2.22. The fourth-order valence-corrected chi connectivity index (χ4v) is 1.44.